The molecule has 0 aliphatic rings. The van der Waals surface area contributed by atoms with Crippen molar-refractivity contribution >= 4 is 6.21 Å². The summed E-state index contributed by atoms with van der Waals surface area (Å²) in [6.45, 7) is 7.34. The lowest BCUT2D eigenvalue weighted by Crippen LogP contribution is -1.92. The summed E-state index contributed by atoms with van der Waals surface area (Å²) >= 11 is 0. The number of nitrogens with two attached hydrogens (primary N) is 1. The van der Waals surface area contributed by atoms with Crippen molar-refractivity contribution in [3.8, 4) is 0 Å². The first-order valence-electron chi connectivity index (χ1n) is 2.78. The van der Waals surface area contributed by atoms with Crippen LogP contribution in [0.25, 0.3) is 0 Å². The summed E-state index contributed by atoms with van der Waals surface area (Å²) in [5, 5.41) is 0. The zero-order valence-corrected chi connectivity index (χ0v) is 5.89. The van der Waals surface area contributed by atoms with E-state index in [1.54, 1.807) is 12.3 Å². The van der Waals surface area contributed by atoms with E-state index in [-0.39, 0.29) is 0 Å². The lowest BCUT2D eigenvalue weighted by atomic mass is 10.4. The fourth-order valence-electron chi connectivity index (χ4n) is 0.259. The number of hydrogen-bond donors (Lipinski definition) is 1. The number of allylic oxidation sites excluding steroid dienone is 2. The molecule has 0 amide bonds. The smallest absolute Gasteiger partial charge is 0.118 e. The maximum Gasteiger partial charge on any atom is 0.118 e. The number of aliphatic imine (C=N–C) groups is 1. The molecule has 0 bridgehead atoms. The maximum absolute atomic E-state index is 5.34. The molecule has 0 rings (SSSR count). The van der Waals surface area contributed by atoms with Crippen LogP contribution in [0.1, 0.15) is 13.8 Å². The molecular formula is C7H12N2. The van der Waals surface area contributed by atoms with Crippen LogP contribution in [-0.2, 0) is 0 Å². The third-order valence-electron chi connectivity index (χ3n) is 0.730. The Labute approximate surface area is 55.8 Å². The van der Waals surface area contributed by atoms with Crippen LogP contribution >= 0.6 is 0 Å². The second-order valence-electron chi connectivity index (χ2n) is 1.82. The molecule has 50 valence electrons. The molecule has 0 aromatic rings. The molecule has 2 heteroatoms. The largest absolute Gasteiger partial charge is 0.384 e. The van der Waals surface area contributed by atoms with E-state index >= 15 is 0 Å². The van der Waals surface area contributed by atoms with Gasteiger partial charge in [-0.2, -0.15) is 0 Å². The Bertz CT molecular complexity index is 154. The van der Waals surface area contributed by atoms with Crippen molar-refractivity contribution in [2.45, 2.75) is 13.8 Å². The molecule has 0 unspecified atom stereocenters. The van der Waals surface area contributed by atoms with E-state index in [1.165, 1.54) is 0 Å². The van der Waals surface area contributed by atoms with Crippen LogP contribution in [0, 0.1) is 0 Å². The minimum atomic E-state index is 0.526. The van der Waals surface area contributed by atoms with Gasteiger partial charge in [-0.1, -0.05) is 6.58 Å². The Kier molecular flexibility index (Phi) is 3.44. The first kappa shape index (κ1) is 7.95. The number of nitrogens with zero attached hydrogens (tertiary/aromatic N) is 1. The van der Waals surface area contributed by atoms with Gasteiger partial charge in [-0.25, -0.2) is 4.99 Å². The second-order valence-corrected chi connectivity index (χ2v) is 1.82. The van der Waals surface area contributed by atoms with Crippen molar-refractivity contribution in [3.05, 3.63) is 24.0 Å². The summed E-state index contributed by atoms with van der Waals surface area (Å²) in [5.74, 6) is 0.526. The predicted octanol–water partition coefficient (Wildman–Crippen LogP) is 1.45. The zero-order valence-electron chi connectivity index (χ0n) is 5.89. The summed E-state index contributed by atoms with van der Waals surface area (Å²) in [5.41, 5.74) is 6.25. The Balaban J connectivity index is 3.86. The van der Waals surface area contributed by atoms with Gasteiger partial charge in [0.15, 0.2) is 0 Å². The quantitative estimate of drug-likeness (QED) is 0.556. The minimum absolute atomic E-state index is 0.526. The zero-order chi connectivity index (χ0) is 7.28. The van der Waals surface area contributed by atoms with Gasteiger partial charge in [-0.05, 0) is 25.5 Å². The van der Waals surface area contributed by atoms with Gasteiger partial charge in [-0.3, -0.25) is 0 Å². The Hall–Kier alpha value is -1.05. The molecule has 2 N–H and O–H groups in total. The molecule has 0 saturated heterocycles. The molecule has 0 aliphatic heterocycles. The second kappa shape index (κ2) is 3.89. The first-order chi connectivity index (χ1) is 4.16. The summed E-state index contributed by atoms with van der Waals surface area (Å²) in [4.78, 5) is 3.86. The van der Waals surface area contributed by atoms with E-state index in [4.69, 9.17) is 5.73 Å². The molecule has 0 fully saturated rings. The Morgan fingerprint density at radius 2 is 2.22 bits per heavy atom. The normalized spacial score (nSPS) is 12.4. The summed E-state index contributed by atoms with van der Waals surface area (Å²) < 4.78 is 0. The Morgan fingerprint density at radius 1 is 1.67 bits per heavy atom. The van der Waals surface area contributed by atoms with Gasteiger partial charge < -0.3 is 5.73 Å². The molecule has 0 atom stereocenters. The van der Waals surface area contributed by atoms with Crippen LogP contribution in [0.4, 0.5) is 0 Å². The van der Waals surface area contributed by atoms with Crippen molar-refractivity contribution in [2.75, 3.05) is 0 Å². The molecule has 0 aromatic heterocycles. The average molecular weight is 124 g/mol. The summed E-state index contributed by atoms with van der Waals surface area (Å²) in [7, 11) is 0. The topological polar surface area (TPSA) is 38.4 Å². The van der Waals surface area contributed by atoms with E-state index in [1.807, 2.05) is 13.8 Å². The van der Waals surface area contributed by atoms with E-state index in [2.05, 4.69) is 11.6 Å². The van der Waals surface area contributed by atoms with Crippen LogP contribution in [0.15, 0.2) is 29.0 Å². The number of hydrogen-bond acceptors (Lipinski definition) is 2. The molecule has 0 saturated carbocycles. The standard InChI is InChI=1S/C7H12N2/c1-4-7(8)9-5-6(2)3/h4-5H,2,8H2,1,3H3/b7-4-,9-5-. The van der Waals surface area contributed by atoms with E-state index in [0.29, 0.717) is 5.82 Å². The van der Waals surface area contributed by atoms with Crippen molar-refractivity contribution in [2.24, 2.45) is 10.7 Å². The average Bonchev–Trinajstić information content (AvgIpc) is 1.83. The highest BCUT2D eigenvalue weighted by Gasteiger charge is 1.77. The van der Waals surface area contributed by atoms with Crippen LogP contribution in [0.3, 0.4) is 0 Å². The van der Waals surface area contributed by atoms with Gasteiger partial charge in [0.1, 0.15) is 5.82 Å². The molecule has 0 aliphatic carbocycles. The Morgan fingerprint density at radius 3 is 2.56 bits per heavy atom. The molecule has 0 aromatic carbocycles. The van der Waals surface area contributed by atoms with Crippen molar-refractivity contribution < 1.29 is 0 Å². The van der Waals surface area contributed by atoms with Gasteiger partial charge in [0.25, 0.3) is 0 Å². The van der Waals surface area contributed by atoms with Gasteiger partial charge in [-0.15, -0.1) is 0 Å². The van der Waals surface area contributed by atoms with Gasteiger partial charge >= 0.3 is 0 Å². The molecule has 2 nitrogen and oxygen atoms in total. The van der Waals surface area contributed by atoms with Crippen molar-refractivity contribution in [1.82, 2.24) is 0 Å². The van der Waals surface area contributed by atoms with Gasteiger partial charge in [0, 0.05) is 6.21 Å². The summed E-state index contributed by atoms with van der Waals surface area (Å²) in [6.07, 6.45) is 3.37. The highest BCUT2D eigenvalue weighted by molar-refractivity contribution is 5.77. The van der Waals surface area contributed by atoms with E-state index in [0.717, 1.165) is 5.57 Å². The molecular weight excluding hydrogens is 112 g/mol. The molecule has 9 heavy (non-hydrogen) atoms. The fraction of sp³-hybridized carbons (Fsp3) is 0.286. The van der Waals surface area contributed by atoms with E-state index < -0.39 is 0 Å². The van der Waals surface area contributed by atoms with Crippen LogP contribution in [0.2, 0.25) is 0 Å². The highest BCUT2D eigenvalue weighted by atomic mass is 14.9. The highest BCUT2D eigenvalue weighted by Crippen LogP contribution is 1.86. The minimum Gasteiger partial charge on any atom is -0.384 e. The third kappa shape index (κ3) is 4.81. The maximum atomic E-state index is 5.34. The molecule has 0 spiro atoms. The SMILES string of the molecule is C=C(C)/C=N\C(N)=C/C. The van der Waals surface area contributed by atoms with Crippen molar-refractivity contribution in [1.29, 1.82) is 0 Å². The predicted molar refractivity (Wildman–Crippen MR) is 41.3 cm³/mol. The molecule has 0 heterocycles. The van der Waals surface area contributed by atoms with Gasteiger partial charge in [0.05, 0.1) is 0 Å². The van der Waals surface area contributed by atoms with Crippen LogP contribution in [-0.4, -0.2) is 6.21 Å². The van der Waals surface area contributed by atoms with Crippen LogP contribution < -0.4 is 5.73 Å². The lowest BCUT2D eigenvalue weighted by molar-refractivity contribution is 1.23. The van der Waals surface area contributed by atoms with Crippen LogP contribution in [0.5, 0.6) is 0 Å². The first-order valence-corrected chi connectivity index (χ1v) is 2.78. The summed E-state index contributed by atoms with van der Waals surface area (Å²) in [6, 6.07) is 0. The fourth-order valence-corrected chi connectivity index (χ4v) is 0.259. The lowest BCUT2D eigenvalue weighted by Gasteiger charge is -1.87. The molecule has 0 radical (unpaired) electrons. The third-order valence-corrected chi connectivity index (χ3v) is 0.730. The monoisotopic (exact) mass is 124 g/mol. The van der Waals surface area contributed by atoms with Gasteiger partial charge in [0.2, 0.25) is 0 Å². The number of rotatable bonds is 2. The van der Waals surface area contributed by atoms with Crippen molar-refractivity contribution in [3.63, 3.8) is 0 Å². The van der Waals surface area contributed by atoms with E-state index in [9.17, 15) is 0 Å².